The van der Waals surface area contributed by atoms with E-state index in [-0.39, 0.29) is 11.9 Å². The zero-order chi connectivity index (χ0) is 10.3. The number of rotatable bonds is 0. The van der Waals surface area contributed by atoms with Gasteiger partial charge >= 0.3 is 6.03 Å². The Kier molecular flexibility index (Phi) is 2.01. The van der Waals surface area contributed by atoms with Crippen LogP contribution in [0, 0.1) is 11.8 Å². The molecule has 1 unspecified atom stereocenters. The lowest BCUT2D eigenvalue weighted by Gasteiger charge is -2.37. The van der Waals surface area contributed by atoms with Gasteiger partial charge in [-0.25, -0.2) is 4.79 Å². The standard InChI is InChI=1S/C10H16N2O2/c1-6-3-7(2)5-10(4-6)8(13)11-9(14)12-10/h6-7H,3-5H2,1-2H3,(H2,11,12,13,14)/t6-,7+,10?. The summed E-state index contributed by atoms with van der Waals surface area (Å²) in [6.07, 6.45) is 2.69. The largest absolute Gasteiger partial charge is 0.323 e. The Morgan fingerprint density at radius 3 is 2.21 bits per heavy atom. The predicted molar refractivity (Wildman–Crippen MR) is 51.6 cm³/mol. The molecule has 2 aliphatic rings. The third-order valence-corrected chi connectivity index (χ3v) is 3.21. The van der Waals surface area contributed by atoms with Gasteiger partial charge in [-0.2, -0.15) is 0 Å². The average molecular weight is 196 g/mol. The first-order valence-corrected chi connectivity index (χ1v) is 5.15. The van der Waals surface area contributed by atoms with E-state index in [2.05, 4.69) is 24.5 Å². The average Bonchev–Trinajstić information content (AvgIpc) is 2.23. The van der Waals surface area contributed by atoms with Crippen LogP contribution in [0.15, 0.2) is 0 Å². The summed E-state index contributed by atoms with van der Waals surface area (Å²) < 4.78 is 0. The molecule has 3 atom stereocenters. The fraction of sp³-hybridized carbons (Fsp3) is 0.800. The highest BCUT2D eigenvalue weighted by molar-refractivity contribution is 6.07. The lowest BCUT2D eigenvalue weighted by Crippen LogP contribution is -2.51. The molecular formula is C10H16N2O2. The molecule has 1 heterocycles. The van der Waals surface area contributed by atoms with Crippen LogP contribution >= 0.6 is 0 Å². The Hall–Kier alpha value is -1.06. The van der Waals surface area contributed by atoms with E-state index in [1.54, 1.807) is 0 Å². The van der Waals surface area contributed by atoms with Crippen LogP contribution in [-0.2, 0) is 4.79 Å². The highest BCUT2D eigenvalue weighted by Gasteiger charge is 2.49. The van der Waals surface area contributed by atoms with Crippen LogP contribution in [0.25, 0.3) is 0 Å². The van der Waals surface area contributed by atoms with Gasteiger partial charge in [0.15, 0.2) is 0 Å². The second-order valence-electron chi connectivity index (χ2n) is 4.84. The number of imide groups is 1. The fourth-order valence-corrected chi connectivity index (χ4v) is 2.94. The lowest BCUT2D eigenvalue weighted by atomic mass is 9.72. The number of hydrogen-bond donors (Lipinski definition) is 2. The van der Waals surface area contributed by atoms with Gasteiger partial charge in [0, 0.05) is 0 Å². The van der Waals surface area contributed by atoms with Gasteiger partial charge in [-0.05, 0) is 31.1 Å². The normalized spacial score (nSPS) is 42.4. The van der Waals surface area contributed by atoms with Gasteiger partial charge in [-0.1, -0.05) is 13.8 Å². The molecule has 3 amide bonds. The van der Waals surface area contributed by atoms with Crippen LogP contribution in [0.1, 0.15) is 33.1 Å². The molecule has 4 heteroatoms. The smallest absolute Gasteiger partial charge is 0.322 e. The summed E-state index contributed by atoms with van der Waals surface area (Å²) in [6.45, 7) is 4.27. The van der Waals surface area contributed by atoms with Crippen molar-refractivity contribution in [1.82, 2.24) is 10.6 Å². The maximum Gasteiger partial charge on any atom is 0.322 e. The Labute approximate surface area is 83.4 Å². The number of carbonyl (C=O) groups is 2. The van der Waals surface area contributed by atoms with Crippen molar-refractivity contribution in [2.24, 2.45) is 11.8 Å². The maximum atomic E-state index is 11.7. The molecule has 2 rings (SSSR count). The number of hydrogen-bond acceptors (Lipinski definition) is 2. The minimum absolute atomic E-state index is 0.138. The van der Waals surface area contributed by atoms with Crippen molar-refractivity contribution < 1.29 is 9.59 Å². The summed E-state index contributed by atoms with van der Waals surface area (Å²) in [4.78, 5) is 22.8. The summed E-state index contributed by atoms with van der Waals surface area (Å²) >= 11 is 0. The first-order chi connectivity index (χ1) is 6.52. The lowest BCUT2D eigenvalue weighted by molar-refractivity contribution is -0.126. The fourth-order valence-electron chi connectivity index (χ4n) is 2.94. The molecule has 2 fully saturated rings. The molecular weight excluding hydrogens is 180 g/mol. The topological polar surface area (TPSA) is 58.2 Å². The van der Waals surface area contributed by atoms with Crippen LogP contribution in [0.4, 0.5) is 4.79 Å². The Morgan fingerprint density at radius 2 is 1.79 bits per heavy atom. The van der Waals surface area contributed by atoms with Crippen LogP contribution in [-0.4, -0.2) is 17.5 Å². The van der Waals surface area contributed by atoms with Gasteiger partial charge in [-0.3, -0.25) is 10.1 Å². The molecule has 0 aromatic rings. The first-order valence-electron chi connectivity index (χ1n) is 5.15. The molecule has 0 radical (unpaired) electrons. The Morgan fingerprint density at radius 1 is 1.21 bits per heavy atom. The number of carbonyl (C=O) groups excluding carboxylic acids is 2. The third-order valence-electron chi connectivity index (χ3n) is 3.21. The van der Waals surface area contributed by atoms with Gasteiger partial charge in [0.1, 0.15) is 5.54 Å². The van der Waals surface area contributed by atoms with Crippen molar-refractivity contribution in [3.63, 3.8) is 0 Å². The summed E-state index contributed by atoms with van der Waals surface area (Å²) in [5.74, 6) is 0.867. The molecule has 1 aliphatic heterocycles. The third kappa shape index (κ3) is 1.38. The zero-order valence-electron chi connectivity index (χ0n) is 8.59. The number of nitrogens with one attached hydrogen (secondary N) is 2. The first kappa shape index (κ1) is 9.49. The molecule has 1 saturated carbocycles. The minimum Gasteiger partial charge on any atom is -0.323 e. The SMILES string of the molecule is C[C@@H]1C[C@H](C)CC2(C1)NC(=O)NC2=O. The molecule has 1 spiro atoms. The van der Waals surface area contributed by atoms with Crippen molar-refractivity contribution in [3.05, 3.63) is 0 Å². The number of amides is 3. The van der Waals surface area contributed by atoms with E-state index in [0.29, 0.717) is 11.8 Å². The van der Waals surface area contributed by atoms with E-state index in [1.807, 2.05) is 0 Å². The van der Waals surface area contributed by atoms with Crippen LogP contribution in [0.3, 0.4) is 0 Å². The monoisotopic (exact) mass is 196 g/mol. The predicted octanol–water partition coefficient (Wildman–Crippen LogP) is 1.02. The van der Waals surface area contributed by atoms with E-state index in [9.17, 15) is 9.59 Å². The van der Waals surface area contributed by atoms with Gasteiger partial charge < -0.3 is 5.32 Å². The van der Waals surface area contributed by atoms with Gasteiger partial charge in [-0.15, -0.1) is 0 Å². The second kappa shape index (κ2) is 2.97. The van der Waals surface area contributed by atoms with Crippen LogP contribution < -0.4 is 10.6 Å². The molecule has 14 heavy (non-hydrogen) atoms. The van der Waals surface area contributed by atoms with E-state index in [0.717, 1.165) is 19.3 Å². The van der Waals surface area contributed by atoms with E-state index >= 15 is 0 Å². The summed E-state index contributed by atoms with van der Waals surface area (Å²) in [5, 5.41) is 5.11. The molecule has 1 saturated heterocycles. The molecule has 1 aliphatic carbocycles. The Bertz CT molecular complexity index is 278. The van der Waals surface area contributed by atoms with Crippen molar-refractivity contribution in [1.29, 1.82) is 0 Å². The van der Waals surface area contributed by atoms with E-state index < -0.39 is 5.54 Å². The van der Waals surface area contributed by atoms with Crippen molar-refractivity contribution in [2.45, 2.75) is 38.6 Å². The maximum absolute atomic E-state index is 11.7. The minimum atomic E-state index is -0.603. The van der Waals surface area contributed by atoms with Crippen LogP contribution in [0.5, 0.6) is 0 Å². The quantitative estimate of drug-likeness (QED) is 0.568. The van der Waals surface area contributed by atoms with Crippen molar-refractivity contribution in [2.75, 3.05) is 0 Å². The number of urea groups is 1. The summed E-state index contributed by atoms with van der Waals surface area (Å²) in [5.41, 5.74) is -0.603. The zero-order valence-corrected chi connectivity index (χ0v) is 8.59. The van der Waals surface area contributed by atoms with E-state index in [4.69, 9.17) is 0 Å². The molecule has 0 aromatic carbocycles. The van der Waals surface area contributed by atoms with Crippen molar-refractivity contribution >= 4 is 11.9 Å². The second-order valence-corrected chi connectivity index (χ2v) is 4.84. The van der Waals surface area contributed by atoms with E-state index in [1.165, 1.54) is 0 Å². The van der Waals surface area contributed by atoms with Gasteiger partial charge in [0.25, 0.3) is 5.91 Å². The molecule has 0 bridgehead atoms. The summed E-state index contributed by atoms with van der Waals surface area (Å²) in [7, 11) is 0. The van der Waals surface area contributed by atoms with Crippen molar-refractivity contribution in [3.8, 4) is 0 Å². The molecule has 0 aromatic heterocycles. The molecule has 78 valence electrons. The van der Waals surface area contributed by atoms with Gasteiger partial charge in [0.05, 0.1) is 0 Å². The summed E-state index contributed by atoms with van der Waals surface area (Å²) in [6, 6.07) is -0.337. The van der Waals surface area contributed by atoms with Crippen LogP contribution in [0.2, 0.25) is 0 Å². The molecule has 4 nitrogen and oxygen atoms in total. The van der Waals surface area contributed by atoms with Gasteiger partial charge in [0.2, 0.25) is 0 Å². The Balaban J connectivity index is 2.22. The highest BCUT2D eigenvalue weighted by atomic mass is 16.2. The molecule has 2 N–H and O–H groups in total. The highest BCUT2D eigenvalue weighted by Crippen LogP contribution is 2.37.